The van der Waals surface area contributed by atoms with Crippen LogP contribution < -0.4 is 5.32 Å². The molecule has 0 atom stereocenters. The van der Waals surface area contributed by atoms with Gasteiger partial charge in [0.2, 0.25) is 5.91 Å². The van der Waals surface area contributed by atoms with Gasteiger partial charge in [0.15, 0.2) is 9.52 Å². The summed E-state index contributed by atoms with van der Waals surface area (Å²) in [7, 11) is 1.43. The molecule has 0 saturated heterocycles. The maximum Gasteiger partial charge on any atom is 0.267 e. The monoisotopic (exact) mass is 289 g/mol. The Morgan fingerprint density at radius 3 is 2.60 bits per heavy atom. The van der Waals surface area contributed by atoms with Crippen LogP contribution in [0.2, 0.25) is 6.04 Å². The molecule has 1 amide bonds. The van der Waals surface area contributed by atoms with Crippen LogP contribution >= 0.6 is 0 Å². The van der Waals surface area contributed by atoms with E-state index in [0.29, 0.717) is 12.5 Å². The first-order valence-corrected chi connectivity index (χ1v) is 8.01. The van der Waals surface area contributed by atoms with Crippen LogP contribution in [0.5, 0.6) is 0 Å². The highest BCUT2D eigenvalue weighted by Crippen LogP contribution is 2.38. The highest BCUT2D eigenvalue weighted by atomic mass is 28.2. The molecule has 4 nitrogen and oxygen atoms in total. The third-order valence-electron chi connectivity index (χ3n) is 3.45. The van der Waals surface area contributed by atoms with Gasteiger partial charge in [-0.25, -0.2) is 0 Å². The van der Waals surface area contributed by atoms with E-state index in [1.165, 1.54) is 12.7 Å². The van der Waals surface area contributed by atoms with E-state index in [-0.39, 0.29) is 26.6 Å². The van der Waals surface area contributed by atoms with Gasteiger partial charge in [0, 0.05) is 12.0 Å². The smallest absolute Gasteiger partial charge is 0.267 e. The number of hydrogen-bond donors (Lipinski definition) is 1. The lowest BCUT2D eigenvalue weighted by Gasteiger charge is -2.17. The van der Waals surface area contributed by atoms with Gasteiger partial charge in [-0.05, 0) is 30.9 Å². The Labute approximate surface area is 121 Å². The van der Waals surface area contributed by atoms with Crippen molar-refractivity contribution in [3.05, 3.63) is 35.9 Å². The second-order valence-corrected chi connectivity index (χ2v) is 6.42. The van der Waals surface area contributed by atoms with E-state index in [9.17, 15) is 9.59 Å². The summed E-state index contributed by atoms with van der Waals surface area (Å²) in [6.07, 6.45) is 3.35. The summed E-state index contributed by atoms with van der Waals surface area (Å²) in [6.45, 7) is 0. The summed E-state index contributed by atoms with van der Waals surface area (Å²) in [4.78, 5) is 22.9. The lowest BCUT2D eigenvalue weighted by Crippen LogP contribution is -2.38. The molecule has 0 aliphatic heterocycles. The molecule has 0 bridgehead atoms. The summed E-state index contributed by atoms with van der Waals surface area (Å²) in [5.41, 5.74) is 0.970. The SMILES string of the molecule is COC(=O)[Si]CCC(=O)NC1(Cc2ccccc2)CC1. The molecule has 5 heteroatoms. The molecule has 1 aliphatic rings. The molecule has 106 valence electrons. The predicted octanol–water partition coefficient (Wildman–Crippen LogP) is 2.16. The van der Waals surface area contributed by atoms with Gasteiger partial charge in [-0.3, -0.25) is 9.59 Å². The molecule has 1 N–H and O–H groups in total. The molecule has 1 aromatic rings. The Balaban J connectivity index is 1.75. The van der Waals surface area contributed by atoms with Crippen LogP contribution in [0.1, 0.15) is 24.8 Å². The van der Waals surface area contributed by atoms with Crippen molar-refractivity contribution < 1.29 is 14.3 Å². The van der Waals surface area contributed by atoms with Gasteiger partial charge in [-0.2, -0.15) is 0 Å². The Morgan fingerprint density at radius 2 is 2.00 bits per heavy atom. The number of amides is 1. The highest BCUT2D eigenvalue weighted by molar-refractivity contribution is 6.72. The summed E-state index contributed by atoms with van der Waals surface area (Å²) in [6, 6.07) is 10.8. The van der Waals surface area contributed by atoms with Crippen LogP contribution in [-0.2, 0) is 16.0 Å². The summed E-state index contributed by atoms with van der Waals surface area (Å²) >= 11 is 0. The minimum Gasteiger partial charge on any atom is -0.474 e. The Hall–Kier alpha value is -1.62. The number of benzene rings is 1. The largest absolute Gasteiger partial charge is 0.474 e. The molecule has 2 rings (SSSR count). The molecule has 0 aromatic heterocycles. The molecule has 1 aliphatic carbocycles. The van der Waals surface area contributed by atoms with E-state index in [0.717, 1.165) is 19.3 Å². The molecule has 0 heterocycles. The van der Waals surface area contributed by atoms with E-state index in [1.807, 2.05) is 18.2 Å². The zero-order chi connectivity index (χ0) is 14.4. The maximum atomic E-state index is 11.9. The van der Waals surface area contributed by atoms with Crippen LogP contribution in [0.3, 0.4) is 0 Å². The first kappa shape index (κ1) is 14.8. The van der Waals surface area contributed by atoms with E-state index >= 15 is 0 Å². The Bertz CT molecular complexity index is 471. The van der Waals surface area contributed by atoms with Gasteiger partial charge < -0.3 is 10.1 Å². The lowest BCUT2D eigenvalue weighted by atomic mass is 10.0. The average Bonchev–Trinajstić information content (AvgIpc) is 3.18. The van der Waals surface area contributed by atoms with Crippen molar-refractivity contribution in [1.29, 1.82) is 0 Å². The molecule has 1 saturated carbocycles. The van der Waals surface area contributed by atoms with Crippen molar-refractivity contribution in [2.45, 2.75) is 37.3 Å². The summed E-state index contributed by atoms with van der Waals surface area (Å²) in [5.74, 6) is 0.0369. The standard InChI is InChI=1S/C15H19NO3Si/c1-19-14(18)20-10-7-13(17)16-15(8-9-15)11-12-5-3-2-4-6-12/h2-6H,7-11H2,1H3,(H,16,17). The minimum atomic E-state index is -0.233. The molecule has 1 fully saturated rings. The van der Waals surface area contributed by atoms with Gasteiger partial charge in [-0.1, -0.05) is 30.3 Å². The molecule has 20 heavy (non-hydrogen) atoms. The fourth-order valence-electron chi connectivity index (χ4n) is 2.19. The second kappa shape index (κ2) is 6.70. The fourth-order valence-corrected chi connectivity index (χ4v) is 2.89. The number of rotatable bonds is 7. The zero-order valence-corrected chi connectivity index (χ0v) is 12.6. The van der Waals surface area contributed by atoms with E-state index in [4.69, 9.17) is 0 Å². The van der Waals surface area contributed by atoms with Gasteiger partial charge >= 0.3 is 0 Å². The van der Waals surface area contributed by atoms with Crippen LogP contribution in [-0.4, -0.2) is 33.7 Å². The number of methoxy groups -OCH3 is 1. The van der Waals surface area contributed by atoms with Crippen molar-refractivity contribution in [3.8, 4) is 0 Å². The molecule has 0 spiro atoms. The van der Waals surface area contributed by atoms with Gasteiger partial charge in [0.25, 0.3) is 5.59 Å². The number of carbonyl (C=O) groups excluding carboxylic acids is 2. The number of hydrogen-bond acceptors (Lipinski definition) is 3. The summed E-state index contributed by atoms with van der Waals surface area (Å²) in [5, 5.41) is 3.12. The van der Waals surface area contributed by atoms with Crippen LogP contribution in [0.25, 0.3) is 0 Å². The first-order chi connectivity index (χ1) is 9.63. The summed E-state index contributed by atoms with van der Waals surface area (Å²) < 4.78 is 4.57. The number of carbonyl (C=O) groups is 2. The predicted molar refractivity (Wildman–Crippen MR) is 77.8 cm³/mol. The van der Waals surface area contributed by atoms with Crippen molar-refractivity contribution >= 4 is 21.0 Å². The Kier molecular flexibility index (Phi) is 4.95. The molecular weight excluding hydrogens is 270 g/mol. The van der Waals surface area contributed by atoms with Gasteiger partial charge in [0.05, 0.1) is 7.11 Å². The molecule has 2 radical (unpaired) electrons. The van der Waals surface area contributed by atoms with Crippen LogP contribution in [0, 0.1) is 0 Å². The average molecular weight is 289 g/mol. The Morgan fingerprint density at radius 1 is 1.30 bits per heavy atom. The van der Waals surface area contributed by atoms with E-state index < -0.39 is 0 Å². The van der Waals surface area contributed by atoms with Crippen molar-refractivity contribution in [2.75, 3.05) is 7.11 Å². The van der Waals surface area contributed by atoms with Crippen LogP contribution in [0.4, 0.5) is 4.79 Å². The fraction of sp³-hybridized carbons (Fsp3) is 0.467. The lowest BCUT2D eigenvalue weighted by molar-refractivity contribution is -0.121. The third kappa shape index (κ3) is 4.49. The molecule has 1 aromatic carbocycles. The van der Waals surface area contributed by atoms with Crippen LogP contribution in [0.15, 0.2) is 30.3 Å². The third-order valence-corrected chi connectivity index (χ3v) is 4.44. The number of nitrogens with one attached hydrogen (secondary N) is 1. The van der Waals surface area contributed by atoms with Crippen molar-refractivity contribution in [2.24, 2.45) is 0 Å². The first-order valence-electron chi connectivity index (χ1n) is 6.80. The van der Waals surface area contributed by atoms with E-state index in [2.05, 4.69) is 22.2 Å². The van der Waals surface area contributed by atoms with Crippen molar-refractivity contribution in [3.63, 3.8) is 0 Å². The quantitative estimate of drug-likeness (QED) is 0.783. The van der Waals surface area contributed by atoms with Gasteiger partial charge in [-0.15, -0.1) is 0 Å². The zero-order valence-electron chi connectivity index (χ0n) is 11.6. The number of ether oxygens (including phenoxy) is 1. The van der Waals surface area contributed by atoms with Gasteiger partial charge in [0.1, 0.15) is 0 Å². The highest BCUT2D eigenvalue weighted by Gasteiger charge is 2.43. The molecular formula is C15H19NO3Si. The van der Waals surface area contributed by atoms with E-state index in [1.54, 1.807) is 0 Å². The second-order valence-electron chi connectivity index (χ2n) is 5.16. The normalized spacial score (nSPS) is 15.4. The van der Waals surface area contributed by atoms with Crippen molar-refractivity contribution in [1.82, 2.24) is 5.32 Å². The topological polar surface area (TPSA) is 55.4 Å². The maximum absolute atomic E-state index is 11.9. The molecule has 0 unspecified atom stereocenters. The minimum absolute atomic E-state index is 0.0369.